The maximum absolute atomic E-state index is 12.9. The van der Waals surface area contributed by atoms with Crippen LogP contribution in [0.3, 0.4) is 0 Å². The van der Waals surface area contributed by atoms with Gasteiger partial charge in [0.15, 0.2) is 5.78 Å². The van der Waals surface area contributed by atoms with Crippen LogP contribution in [0.2, 0.25) is 0 Å². The Bertz CT molecular complexity index is 816. The molecule has 28 heavy (non-hydrogen) atoms. The molecule has 3 heteroatoms. The van der Waals surface area contributed by atoms with Gasteiger partial charge in [0, 0.05) is 5.92 Å². The lowest BCUT2D eigenvalue weighted by atomic mass is 9.73. The van der Waals surface area contributed by atoms with E-state index in [1.807, 2.05) is 48.5 Å². The molecule has 2 unspecified atom stereocenters. The summed E-state index contributed by atoms with van der Waals surface area (Å²) in [5.41, 5.74) is 3.11. The molecule has 2 aromatic rings. The van der Waals surface area contributed by atoms with Crippen LogP contribution in [0.1, 0.15) is 44.7 Å². The van der Waals surface area contributed by atoms with Crippen molar-refractivity contribution >= 4 is 11.9 Å². The van der Waals surface area contributed by atoms with Gasteiger partial charge in [-0.05, 0) is 71.7 Å². The van der Waals surface area contributed by atoms with Crippen molar-refractivity contribution < 1.29 is 14.3 Å². The Balaban J connectivity index is 1.66. The molecule has 0 heterocycles. The minimum absolute atomic E-state index is 0.162. The maximum atomic E-state index is 12.9. The van der Waals surface area contributed by atoms with Crippen molar-refractivity contribution in [2.24, 2.45) is 17.8 Å². The van der Waals surface area contributed by atoms with Gasteiger partial charge >= 0.3 is 0 Å². The molecular weight excluding hydrogens is 348 g/mol. The van der Waals surface area contributed by atoms with Crippen molar-refractivity contribution in [1.82, 2.24) is 0 Å². The third-order valence-electron chi connectivity index (χ3n) is 5.63. The quantitative estimate of drug-likeness (QED) is 0.585. The Hall–Kier alpha value is -2.55. The van der Waals surface area contributed by atoms with Crippen LogP contribution >= 0.6 is 0 Å². The molecule has 1 saturated carbocycles. The third-order valence-corrected chi connectivity index (χ3v) is 5.63. The smallest absolute Gasteiger partial charge is 0.162 e. The van der Waals surface area contributed by atoms with Crippen LogP contribution in [0.25, 0.3) is 6.08 Å². The zero-order chi connectivity index (χ0) is 20.1. The Morgan fingerprint density at radius 3 is 2.25 bits per heavy atom. The highest BCUT2D eigenvalue weighted by atomic mass is 16.5. The molecular formula is C25H30O3. The number of ether oxygens (including phenoxy) is 2. The van der Waals surface area contributed by atoms with Gasteiger partial charge in [0.2, 0.25) is 0 Å². The number of carbonyl (C=O) groups excluding carboxylic acids is 1. The monoisotopic (exact) mass is 378 g/mol. The molecule has 2 aromatic carbocycles. The molecule has 1 aliphatic carbocycles. The van der Waals surface area contributed by atoms with Crippen LogP contribution in [0, 0.1) is 17.8 Å². The van der Waals surface area contributed by atoms with Crippen molar-refractivity contribution in [1.29, 1.82) is 0 Å². The molecule has 0 aliphatic heterocycles. The van der Waals surface area contributed by atoms with Gasteiger partial charge in [0.05, 0.1) is 7.11 Å². The second kappa shape index (κ2) is 9.09. The molecule has 0 amide bonds. The van der Waals surface area contributed by atoms with Gasteiger partial charge in [0.1, 0.15) is 18.1 Å². The Morgan fingerprint density at radius 1 is 1.00 bits per heavy atom. The normalized spacial score (nSPS) is 21.2. The summed E-state index contributed by atoms with van der Waals surface area (Å²) in [6, 6.07) is 15.8. The van der Waals surface area contributed by atoms with Gasteiger partial charge in [-0.2, -0.15) is 0 Å². The van der Waals surface area contributed by atoms with Crippen molar-refractivity contribution in [2.45, 2.75) is 40.2 Å². The second-order valence-electron chi connectivity index (χ2n) is 8.00. The molecule has 148 valence electrons. The second-order valence-corrected chi connectivity index (χ2v) is 8.00. The van der Waals surface area contributed by atoms with E-state index in [4.69, 9.17) is 9.47 Å². The largest absolute Gasteiger partial charge is 0.497 e. The van der Waals surface area contributed by atoms with Crippen molar-refractivity contribution in [3.8, 4) is 11.5 Å². The number of rotatable bonds is 6. The van der Waals surface area contributed by atoms with Crippen LogP contribution in [0.4, 0.5) is 0 Å². The van der Waals surface area contributed by atoms with Gasteiger partial charge < -0.3 is 9.47 Å². The molecule has 1 fully saturated rings. The summed E-state index contributed by atoms with van der Waals surface area (Å²) in [5.74, 6) is 2.88. The van der Waals surface area contributed by atoms with Gasteiger partial charge in [-0.25, -0.2) is 0 Å². The lowest BCUT2D eigenvalue weighted by Crippen LogP contribution is -2.30. The third kappa shape index (κ3) is 4.83. The summed E-state index contributed by atoms with van der Waals surface area (Å²) in [6.07, 6.45) is 4.16. The van der Waals surface area contributed by atoms with E-state index >= 15 is 0 Å². The van der Waals surface area contributed by atoms with Gasteiger partial charge in [-0.3, -0.25) is 4.79 Å². The summed E-state index contributed by atoms with van der Waals surface area (Å²) < 4.78 is 11.0. The molecule has 2 atom stereocenters. The van der Waals surface area contributed by atoms with E-state index in [0.717, 1.165) is 41.0 Å². The Morgan fingerprint density at radius 2 is 1.64 bits per heavy atom. The number of ketones is 1. The minimum Gasteiger partial charge on any atom is -0.497 e. The molecule has 0 radical (unpaired) electrons. The van der Waals surface area contributed by atoms with Crippen LogP contribution < -0.4 is 9.47 Å². The first kappa shape index (κ1) is 20.2. The van der Waals surface area contributed by atoms with E-state index in [1.165, 1.54) is 0 Å². The SMILES string of the molecule is COc1ccc(COc2ccc(/C=C3\C(=O)C(C(C)C)CCC3C)cc2)cc1. The highest BCUT2D eigenvalue weighted by Crippen LogP contribution is 2.35. The van der Waals surface area contributed by atoms with Crippen LogP contribution in [-0.2, 0) is 11.4 Å². The molecule has 0 N–H and O–H groups in total. The fraction of sp³-hybridized carbons (Fsp3) is 0.400. The number of allylic oxidation sites excluding steroid dienone is 1. The zero-order valence-corrected chi connectivity index (χ0v) is 17.3. The topological polar surface area (TPSA) is 35.5 Å². The molecule has 0 saturated heterocycles. The first-order chi connectivity index (χ1) is 13.5. The molecule has 3 nitrogen and oxygen atoms in total. The van der Waals surface area contributed by atoms with Gasteiger partial charge in [-0.15, -0.1) is 0 Å². The first-order valence-corrected chi connectivity index (χ1v) is 10.1. The van der Waals surface area contributed by atoms with E-state index in [1.54, 1.807) is 7.11 Å². The predicted molar refractivity (Wildman–Crippen MR) is 113 cm³/mol. The average molecular weight is 379 g/mol. The van der Waals surface area contributed by atoms with E-state index in [-0.39, 0.29) is 5.92 Å². The van der Waals surface area contributed by atoms with Gasteiger partial charge in [0.25, 0.3) is 0 Å². The number of benzene rings is 2. The van der Waals surface area contributed by atoms with E-state index in [0.29, 0.717) is 24.2 Å². The number of methoxy groups -OCH3 is 1. The standard InChI is InChI=1S/C25H30O3/c1-17(2)23-14-5-18(3)24(25(23)26)15-19-6-12-22(13-7-19)28-16-20-8-10-21(27-4)11-9-20/h6-13,15,17-18,23H,5,14,16H2,1-4H3/b24-15-. The highest BCUT2D eigenvalue weighted by molar-refractivity contribution is 6.02. The molecule has 0 spiro atoms. The summed E-state index contributed by atoms with van der Waals surface area (Å²) in [6.45, 7) is 6.96. The van der Waals surface area contributed by atoms with Crippen molar-refractivity contribution in [2.75, 3.05) is 7.11 Å². The number of hydrogen-bond donors (Lipinski definition) is 0. The highest BCUT2D eigenvalue weighted by Gasteiger charge is 2.32. The number of hydrogen-bond acceptors (Lipinski definition) is 3. The van der Waals surface area contributed by atoms with Crippen molar-refractivity contribution in [3.63, 3.8) is 0 Å². The van der Waals surface area contributed by atoms with Crippen LogP contribution in [-0.4, -0.2) is 12.9 Å². The Kier molecular flexibility index (Phi) is 6.56. The molecule has 0 bridgehead atoms. The van der Waals surface area contributed by atoms with E-state index < -0.39 is 0 Å². The van der Waals surface area contributed by atoms with E-state index in [9.17, 15) is 4.79 Å². The predicted octanol–water partition coefficient (Wildman–Crippen LogP) is 5.93. The summed E-state index contributed by atoms with van der Waals surface area (Å²) in [7, 11) is 1.66. The summed E-state index contributed by atoms with van der Waals surface area (Å²) in [5, 5.41) is 0. The van der Waals surface area contributed by atoms with Crippen LogP contribution in [0.15, 0.2) is 54.1 Å². The van der Waals surface area contributed by atoms with Gasteiger partial charge in [-0.1, -0.05) is 45.0 Å². The Labute approximate surface area is 168 Å². The maximum Gasteiger partial charge on any atom is 0.162 e. The lowest BCUT2D eigenvalue weighted by molar-refractivity contribution is -0.122. The van der Waals surface area contributed by atoms with Crippen molar-refractivity contribution in [3.05, 3.63) is 65.2 Å². The first-order valence-electron chi connectivity index (χ1n) is 10.1. The molecule has 1 aliphatic rings. The minimum atomic E-state index is 0.162. The summed E-state index contributed by atoms with van der Waals surface area (Å²) in [4.78, 5) is 12.9. The molecule has 0 aromatic heterocycles. The summed E-state index contributed by atoms with van der Waals surface area (Å²) >= 11 is 0. The fourth-order valence-electron chi connectivity index (χ4n) is 3.75. The zero-order valence-electron chi connectivity index (χ0n) is 17.3. The molecule has 3 rings (SSSR count). The lowest BCUT2D eigenvalue weighted by Gasteiger charge is -2.30. The van der Waals surface area contributed by atoms with Crippen LogP contribution in [0.5, 0.6) is 11.5 Å². The average Bonchev–Trinajstić information content (AvgIpc) is 2.70. The number of carbonyl (C=O) groups is 1. The fourth-order valence-corrected chi connectivity index (χ4v) is 3.75. The number of Topliss-reactive ketones (excluding diaryl/α,β-unsaturated/α-hetero) is 1. The van der Waals surface area contributed by atoms with E-state index in [2.05, 4.69) is 26.8 Å².